The average Bonchev–Trinajstić information content (AvgIpc) is 3.11. The van der Waals surface area contributed by atoms with Crippen LogP contribution in [0.2, 0.25) is 0 Å². The number of benzene rings is 2. The van der Waals surface area contributed by atoms with Gasteiger partial charge in [-0.2, -0.15) is 0 Å². The topological polar surface area (TPSA) is 182 Å². The molecule has 3 N–H and O–H groups in total. The Morgan fingerprint density at radius 2 is 1.57 bits per heavy atom. The lowest BCUT2D eigenvalue weighted by Gasteiger charge is -2.34. The Morgan fingerprint density at radius 3 is 2.20 bits per heavy atom. The first-order valence-corrected chi connectivity index (χ1v) is 18.9. The summed E-state index contributed by atoms with van der Waals surface area (Å²) in [5.41, 5.74) is 0.640. The number of carbonyl (C=O) groups excluding carboxylic acids is 6. The monoisotopic (exact) mass is 781 g/mol. The van der Waals surface area contributed by atoms with Crippen LogP contribution in [0.15, 0.2) is 48.5 Å². The fourth-order valence-corrected chi connectivity index (χ4v) is 6.03. The Bertz CT molecular complexity index is 1670. The van der Waals surface area contributed by atoms with E-state index in [2.05, 4.69) is 16.0 Å². The number of ether oxygens (including phenoxy) is 4. The number of hydrogen-bond donors (Lipinski definition) is 3. The molecule has 15 nitrogen and oxygen atoms in total. The molecule has 1 fully saturated rings. The van der Waals surface area contributed by atoms with Crippen molar-refractivity contribution in [1.82, 2.24) is 20.9 Å². The second kappa shape index (κ2) is 20.5. The van der Waals surface area contributed by atoms with E-state index in [1.54, 1.807) is 56.0 Å². The fourth-order valence-electron chi connectivity index (χ4n) is 6.03. The number of anilines is 1. The van der Waals surface area contributed by atoms with Gasteiger partial charge in [-0.15, -0.1) is 0 Å². The second-order valence-corrected chi connectivity index (χ2v) is 15.9. The van der Waals surface area contributed by atoms with E-state index in [4.69, 9.17) is 18.9 Å². The molecular weight excluding hydrogens is 722 g/mol. The molecule has 0 spiro atoms. The smallest absolute Gasteiger partial charge is 0.414 e. The number of piperidine rings is 1. The lowest BCUT2D eigenvalue weighted by Crippen LogP contribution is -2.58. The summed E-state index contributed by atoms with van der Waals surface area (Å²) in [4.78, 5) is 80.8. The van der Waals surface area contributed by atoms with Gasteiger partial charge in [-0.25, -0.2) is 9.59 Å². The third-order valence-electron chi connectivity index (χ3n) is 8.68. The summed E-state index contributed by atoms with van der Waals surface area (Å²) in [5, 5.41) is 7.95. The molecule has 2 aromatic carbocycles. The lowest BCUT2D eigenvalue weighted by molar-refractivity contribution is -0.156. The number of para-hydroxylation sites is 1. The van der Waals surface area contributed by atoms with E-state index >= 15 is 0 Å². The molecule has 3 rings (SSSR count). The molecule has 2 aromatic rings. The van der Waals surface area contributed by atoms with Crippen LogP contribution >= 0.6 is 0 Å². The van der Waals surface area contributed by atoms with Crippen molar-refractivity contribution in [3.63, 3.8) is 0 Å². The zero-order chi connectivity index (χ0) is 41.6. The Balaban J connectivity index is 1.75. The Morgan fingerprint density at radius 1 is 0.893 bits per heavy atom. The van der Waals surface area contributed by atoms with Gasteiger partial charge in [0.2, 0.25) is 17.7 Å². The molecule has 56 heavy (non-hydrogen) atoms. The molecular formula is C41H59N5O10. The summed E-state index contributed by atoms with van der Waals surface area (Å²) in [6.45, 7) is 15.1. The molecule has 0 bridgehead atoms. The number of esters is 1. The molecule has 3 atom stereocenters. The first-order chi connectivity index (χ1) is 26.2. The summed E-state index contributed by atoms with van der Waals surface area (Å²) in [7, 11) is 1.20. The van der Waals surface area contributed by atoms with Gasteiger partial charge >= 0.3 is 18.2 Å². The van der Waals surface area contributed by atoms with Crippen LogP contribution in [0.25, 0.3) is 0 Å². The van der Waals surface area contributed by atoms with Crippen molar-refractivity contribution in [1.29, 1.82) is 0 Å². The molecule has 15 heteroatoms. The zero-order valence-corrected chi connectivity index (χ0v) is 34.2. The lowest BCUT2D eigenvalue weighted by atomic mass is 9.95. The Kier molecular flexibility index (Phi) is 16.5. The molecule has 2 unspecified atom stereocenters. The largest absolute Gasteiger partial charge is 0.494 e. The highest BCUT2D eigenvalue weighted by Crippen LogP contribution is 2.24. The molecule has 0 aromatic heterocycles. The summed E-state index contributed by atoms with van der Waals surface area (Å²) in [6.07, 6.45) is 1.04. The minimum Gasteiger partial charge on any atom is -0.494 e. The van der Waals surface area contributed by atoms with Crippen LogP contribution in [0, 0.1) is 12.8 Å². The normalized spacial score (nSPS) is 15.4. The summed E-state index contributed by atoms with van der Waals surface area (Å²) >= 11 is 0. The Labute approximate surface area is 330 Å². The third kappa shape index (κ3) is 15.4. The van der Waals surface area contributed by atoms with E-state index in [1.165, 1.54) is 18.9 Å². The fraction of sp³-hybridized carbons (Fsp3) is 0.561. The Hall–Kier alpha value is -5.34. The van der Waals surface area contributed by atoms with Gasteiger partial charge in [0.25, 0.3) is 0 Å². The first kappa shape index (κ1) is 45.1. The van der Waals surface area contributed by atoms with Crippen molar-refractivity contribution >= 4 is 41.6 Å². The standard InChI is InChI=1S/C41H59N5O10/c1-27-17-18-32(54-21-19-29-14-13-20-45(25-29)38(51)56-41(6,7)8)22-30(27)24-42-36(49)34(26-46(39(52)53-9)31-15-11-10-12-16-31)44-37(50)33(43-28(2)47)23-35(48)55-40(3,4)5/h10-12,15-18,22,29,33-34H,13-14,19-21,23-26H2,1-9H3,(H,42,49)(H,43,47)(H,44,50)/t29?,33-,34?/m0/s1. The molecule has 1 aliphatic heterocycles. The zero-order valence-electron chi connectivity index (χ0n) is 34.2. The third-order valence-corrected chi connectivity index (χ3v) is 8.68. The number of amides is 5. The minimum atomic E-state index is -1.37. The summed E-state index contributed by atoms with van der Waals surface area (Å²) in [6, 6.07) is 11.3. The van der Waals surface area contributed by atoms with Crippen molar-refractivity contribution in [2.75, 3.05) is 38.3 Å². The van der Waals surface area contributed by atoms with E-state index in [0.717, 1.165) is 30.4 Å². The van der Waals surface area contributed by atoms with Crippen LogP contribution in [0.3, 0.4) is 0 Å². The second-order valence-electron chi connectivity index (χ2n) is 15.9. The van der Waals surface area contributed by atoms with Crippen LogP contribution in [-0.2, 0) is 39.9 Å². The predicted octanol–water partition coefficient (Wildman–Crippen LogP) is 5.02. The van der Waals surface area contributed by atoms with Crippen LogP contribution in [0.4, 0.5) is 15.3 Å². The number of aryl methyl sites for hydroxylation is 1. The van der Waals surface area contributed by atoms with E-state index in [0.29, 0.717) is 31.1 Å². The summed E-state index contributed by atoms with van der Waals surface area (Å²) < 4.78 is 22.0. The maximum absolute atomic E-state index is 13.9. The predicted molar refractivity (Wildman–Crippen MR) is 210 cm³/mol. The van der Waals surface area contributed by atoms with Gasteiger partial charge in [-0.1, -0.05) is 24.3 Å². The molecule has 0 aliphatic carbocycles. The SMILES string of the molecule is COC(=O)N(CC(NC(=O)[C@H](CC(=O)OC(C)(C)C)NC(C)=O)C(=O)NCc1cc(OCCC2CCCN(C(=O)OC(C)(C)C)C2)ccc1C)c1ccccc1. The van der Waals surface area contributed by atoms with E-state index in [1.807, 2.05) is 45.9 Å². The van der Waals surface area contributed by atoms with Crippen molar-refractivity contribution in [3.8, 4) is 5.75 Å². The molecule has 5 amide bonds. The highest BCUT2D eigenvalue weighted by Gasteiger charge is 2.33. The van der Waals surface area contributed by atoms with Gasteiger partial charge in [0.1, 0.15) is 29.0 Å². The molecule has 308 valence electrons. The highest BCUT2D eigenvalue weighted by molar-refractivity contribution is 5.95. The van der Waals surface area contributed by atoms with Gasteiger partial charge in [0.15, 0.2) is 0 Å². The molecule has 0 saturated carbocycles. The van der Waals surface area contributed by atoms with Gasteiger partial charge < -0.3 is 39.8 Å². The maximum atomic E-state index is 13.9. The number of methoxy groups -OCH3 is 1. The van der Waals surface area contributed by atoms with Gasteiger partial charge in [-0.3, -0.25) is 24.1 Å². The van der Waals surface area contributed by atoms with Crippen LogP contribution in [-0.4, -0.2) is 97.4 Å². The van der Waals surface area contributed by atoms with Gasteiger partial charge in [0.05, 0.1) is 26.7 Å². The van der Waals surface area contributed by atoms with Crippen molar-refractivity contribution < 1.29 is 47.7 Å². The van der Waals surface area contributed by atoms with Crippen molar-refractivity contribution in [2.24, 2.45) is 5.92 Å². The minimum absolute atomic E-state index is 0.0539. The molecule has 1 aliphatic rings. The van der Waals surface area contributed by atoms with E-state index in [9.17, 15) is 28.8 Å². The maximum Gasteiger partial charge on any atom is 0.414 e. The number of rotatable bonds is 15. The first-order valence-electron chi connectivity index (χ1n) is 18.9. The van der Waals surface area contributed by atoms with E-state index in [-0.39, 0.29) is 25.1 Å². The van der Waals surface area contributed by atoms with Crippen LogP contribution in [0.5, 0.6) is 5.75 Å². The van der Waals surface area contributed by atoms with Gasteiger partial charge in [-0.05, 0) is 109 Å². The quantitative estimate of drug-likeness (QED) is 0.164. The number of likely N-dealkylation sites (tertiary alicyclic amines) is 1. The average molecular weight is 782 g/mol. The van der Waals surface area contributed by atoms with Gasteiger partial charge in [0, 0.05) is 32.2 Å². The van der Waals surface area contributed by atoms with E-state index < -0.39 is 59.5 Å². The highest BCUT2D eigenvalue weighted by atomic mass is 16.6. The number of carbonyl (C=O) groups is 6. The summed E-state index contributed by atoms with van der Waals surface area (Å²) in [5.74, 6) is -1.91. The van der Waals surface area contributed by atoms with Crippen molar-refractivity contribution in [2.45, 2.75) is 111 Å². The molecule has 1 heterocycles. The molecule has 0 radical (unpaired) electrons. The molecule has 1 saturated heterocycles. The van der Waals surface area contributed by atoms with Crippen molar-refractivity contribution in [3.05, 3.63) is 59.7 Å². The van der Waals surface area contributed by atoms with Crippen LogP contribution in [0.1, 0.15) is 85.3 Å². The number of nitrogens with zero attached hydrogens (tertiary/aromatic N) is 2. The van der Waals surface area contributed by atoms with Crippen LogP contribution < -0.4 is 25.6 Å². The number of nitrogens with one attached hydrogen (secondary N) is 3. The number of hydrogen-bond acceptors (Lipinski definition) is 10.